The molecule has 1 rings (SSSR count). The Morgan fingerprint density at radius 2 is 2.13 bits per heavy atom. The highest BCUT2D eigenvalue weighted by Crippen LogP contribution is 2.22. The summed E-state index contributed by atoms with van der Waals surface area (Å²) in [6.07, 6.45) is 0. The Kier molecular flexibility index (Phi) is 3.35. The van der Waals surface area contributed by atoms with Crippen molar-refractivity contribution in [2.75, 3.05) is 14.1 Å². The molecule has 0 aliphatic carbocycles. The number of nitro groups is 1. The first-order valence-electron chi connectivity index (χ1n) is 3.96. The smallest absolute Gasteiger partial charge is 0.301 e. The monoisotopic (exact) mass is 273 g/mol. The lowest BCUT2D eigenvalue weighted by molar-refractivity contribution is -0.386. The van der Waals surface area contributed by atoms with Crippen LogP contribution in [0, 0.1) is 10.1 Å². The van der Waals surface area contributed by atoms with Gasteiger partial charge in [0, 0.05) is 20.2 Å². The Morgan fingerprint density at radius 3 is 2.53 bits per heavy atom. The van der Waals surface area contributed by atoms with Gasteiger partial charge in [-0.2, -0.15) is 0 Å². The van der Waals surface area contributed by atoms with Crippen molar-refractivity contribution in [3.05, 3.63) is 32.5 Å². The average molecular weight is 274 g/mol. The van der Waals surface area contributed by atoms with Crippen LogP contribution in [0.15, 0.2) is 16.7 Å². The van der Waals surface area contributed by atoms with Crippen molar-refractivity contribution in [1.29, 1.82) is 0 Å². The molecule has 0 atom stereocenters. The zero-order valence-corrected chi connectivity index (χ0v) is 9.69. The molecule has 0 spiro atoms. The number of carbonyl (C=O) groups excluding carboxylic acids is 1. The number of nitrogens with zero attached hydrogens (tertiary/aromatic N) is 3. The summed E-state index contributed by atoms with van der Waals surface area (Å²) in [4.78, 5) is 26.5. The molecular formula is C8H8BrN3O3. The largest absolute Gasteiger partial charge is 0.343 e. The molecule has 0 N–H and O–H groups in total. The maximum Gasteiger partial charge on any atom is 0.301 e. The molecule has 15 heavy (non-hydrogen) atoms. The predicted octanol–water partition coefficient (Wildman–Crippen LogP) is 1.45. The topological polar surface area (TPSA) is 76.3 Å². The molecule has 0 aromatic carbocycles. The minimum atomic E-state index is -0.568. The molecule has 0 saturated carbocycles. The Morgan fingerprint density at radius 1 is 1.53 bits per heavy atom. The fourth-order valence-electron chi connectivity index (χ4n) is 0.911. The van der Waals surface area contributed by atoms with Crippen LogP contribution in [0.3, 0.4) is 0 Å². The first-order chi connectivity index (χ1) is 6.93. The van der Waals surface area contributed by atoms with Gasteiger partial charge >= 0.3 is 5.69 Å². The minimum absolute atomic E-state index is 0.0557. The second kappa shape index (κ2) is 4.35. The second-order valence-electron chi connectivity index (χ2n) is 2.96. The Balaban J connectivity index is 3.12. The van der Waals surface area contributed by atoms with Gasteiger partial charge in [0.25, 0.3) is 5.91 Å². The molecule has 0 radical (unpaired) electrons. The van der Waals surface area contributed by atoms with Crippen molar-refractivity contribution < 1.29 is 9.72 Å². The summed E-state index contributed by atoms with van der Waals surface area (Å²) in [6, 6.07) is 2.57. The standard InChI is InChI=1S/C8H8BrN3O3/c1-11(2)8(13)5-3-4-6(12(14)15)7(9)10-5/h3-4H,1-2H3. The number of amides is 1. The van der Waals surface area contributed by atoms with Gasteiger partial charge in [0.15, 0.2) is 4.60 Å². The molecule has 1 amide bonds. The summed E-state index contributed by atoms with van der Waals surface area (Å²) in [6.45, 7) is 0. The van der Waals surface area contributed by atoms with E-state index in [1.807, 2.05) is 0 Å². The molecule has 6 nitrogen and oxygen atoms in total. The normalized spacial score (nSPS) is 9.80. The van der Waals surface area contributed by atoms with Crippen LogP contribution in [0.5, 0.6) is 0 Å². The van der Waals surface area contributed by atoms with Crippen LogP contribution >= 0.6 is 15.9 Å². The van der Waals surface area contributed by atoms with E-state index < -0.39 is 4.92 Å². The van der Waals surface area contributed by atoms with E-state index in [1.54, 1.807) is 14.1 Å². The van der Waals surface area contributed by atoms with Crippen LogP contribution in [0.25, 0.3) is 0 Å². The maximum atomic E-state index is 11.5. The highest BCUT2D eigenvalue weighted by Gasteiger charge is 2.17. The van der Waals surface area contributed by atoms with Crippen molar-refractivity contribution in [2.45, 2.75) is 0 Å². The quantitative estimate of drug-likeness (QED) is 0.464. The van der Waals surface area contributed by atoms with Crippen molar-refractivity contribution in [3.8, 4) is 0 Å². The molecule has 0 saturated heterocycles. The van der Waals surface area contributed by atoms with Gasteiger partial charge in [0.2, 0.25) is 0 Å². The molecule has 0 aliphatic rings. The number of aromatic nitrogens is 1. The van der Waals surface area contributed by atoms with Gasteiger partial charge in [0.1, 0.15) is 5.69 Å². The summed E-state index contributed by atoms with van der Waals surface area (Å²) < 4.78 is 0.0557. The highest BCUT2D eigenvalue weighted by molar-refractivity contribution is 9.10. The van der Waals surface area contributed by atoms with Gasteiger partial charge in [-0.3, -0.25) is 14.9 Å². The summed E-state index contributed by atoms with van der Waals surface area (Å²) >= 11 is 2.94. The van der Waals surface area contributed by atoms with Gasteiger partial charge in [-0.05, 0) is 22.0 Å². The van der Waals surface area contributed by atoms with E-state index in [0.717, 1.165) is 0 Å². The van der Waals surface area contributed by atoms with E-state index >= 15 is 0 Å². The lowest BCUT2D eigenvalue weighted by Crippen LogP contribution is -2.22. The van der Waals surface area contributed by atoms with Crippen molar-refractivity contribution >= 4 is 27.5 Å². The van der Waals surface area contributed by atoms with Crippen LogP contribution in [0.4, 0.5) is 5.69 Å². The minimum Gasteiger partial charge on any atom is -0.343 e. The highest BCUT2D eigenvalue weighted by atomic mass is 79.9. The number of rotatable bonds is 2. The van der Waals surface area contributed by atoms with Crippen LogP contribution in [-0.2, 0) is 0 Å². The van der Waals surface area contributed by atoms with Crippen molar-refractivity contribution in [3.63, 3.8) is 0 Å². The van der Waals surface area contributed by atoms with Crippen molar-refractivity contribution in [1.82, 2.24) is 9.88 Å². The number of hydrogen-bond acceptors (Lipinski definition) is 4. The van der Waals surface area contributed by atoms with Crippen LogP contribution in [-0.4, -0.2) is 34.8 Å². The van der Waals surface area contributed by atoms with Crippen LogP contribution in [0.1, 0.15) is 10.5 Å². The fourth-order valence-corrected chi connectivity index (χ4v) is 1.38. The van der Waals surface area contributed by atoms with E-state index in [9.17, 15) is 14.9 Å². The molecular weight excluding hydrogens is 266 g/mol. The third kappa shape index (κ3) is 2.50. The molecule has 1 aromatic rings. The first-order valence-corrected chi connectivity index (χ1v) is 4.75. The molecule has 0 bridgehead atoms. The van der Waals surface area contributed by atoms with Gasteiger partial charge < -0.3 is 4.90 Å². The fraction of sp³-hybridized carbons (Fsp3) is 0.250. The number of pyridine rings is 1. The van der Waals surface area contributed by atoms with E-state index in [4.69, 9.17) is 0 Å². The van der Waals surface area contributed by atoms with E-state index in [0.29, 0.717) is 0 Å². The van der Waals surface area contributed by atoms with Gasteiger partial charge in [-0.25, -0.2) is 4.98 Å². The third-order valence-electron chi connectivity index (χ3n) is 1.65. The Hall–Kier alpha value is -1.50. The zero-order valence-electron chi connectivity index (χ0n) is 8.10. The second-order valence-corrected chi connectivity index (χ2v) is 3.71. The summed E-state index contributed by atoms with van der Waals surface area (Å²) in [5.74, 6) is -0.300. The molecule has 0 unspecified atom stereocenters. The van der Waals surface area contributed by atoms with Crippen LogP contribution < -0.4 is 0 Å². The average Bonchev–Trinajstić information content (AvgIpc) is 2.15. The maximum absolute atomic E-state index is 11.5. The van der Waals surface area contributed by atoms with E-state index in [-0.39, 0.29) is 21.9 Å². The molecule has 1 heterocycles. The third-order valence-corrected chi connectivity index (χ3v) is 2.23. The molecule has 0 fully saturated rings. The SMILES string of the molecule is CN(C)C(=O)c1ccc([N+](=O)[O-])c(Br)n1. The lowest BCUT2D eigenvalue weighted by Gasteiger charge is -2.08. The molecule has 80 valence electrons. The van der Waals surface area contributed by atoms with E-state index in [2.05, 4.69) is 20.9 Å². The Bertz CT molecular complexity index is 420. The first kappa shape index (κ1) is 11.6. The predicted molar refractivity (Wildman–Crippen MR) is 56.6 cm³/mol. The number of hydrogen-bond donors (Lipinski definition) is 0. The summed E-state index contributed by atoms with van der Waals surface area (Å²) in [5.41, 5.74) is 0.00258. The molecule has 1 aromatic heterocycles. The van der Waals surface area contributed by atoms with Gasteiger partial charge in [-0.1, -0.05) is 0 Å². The van der Waals surface area contributed by atoms with Gasteiger partial charge in [0.05, 0.1) is 4.92 Å². The number of halogens is 1. The van der Waals surface area contributed by atoms with Gasteiger partial charge in [-0.15, -0.1) is 0 Å². The van der Waals surface area contributed by atoms with Crippen LogP contribution in [0.2, 0.25) is 0 Å². The number of carbonyl (C=O) groups is 1. The lowest BCUT2D eigenvalue weighted by atomic mass is 10.3. The molecule has 7 heteroatoms. The Labute approximate surface area is 94.2 Å². The molecule has 0 aliphatic heterocycles. The summed E-state index contributed by atoms with van der Waals surface area (Å²) in [5, 5.41) is 10.5. The van der Waals surface area contributed by atoms with E-state index in [1.165, 1.54) is 17.0 Å². The van der Waals surface area contributed by atoms with Crippen molar-refractivity contribution in [2.24, 2.45) is 0 Å². The summed E-state index contributed by atoms with van der Waals surface area (Å²) in [7, 11) is 3.17. The zero-order chi connectivity index (χ0) is 11.6.